The lowest BCUT2D eigenvalue weighted by Crippen LogP contribution is -2.30. The van der Waals surface area contributed by atoms with Gasteiger partial charge in [-0.1, -0.05) is 42.1 Å². The molecule has 3 aromatic rings. The molecule has 0 atom stereocenters. The number of rotatable bonds is 6. The summed E-state index contributed by atoms with van der Waals surface area (Å²) in [5.41, 5.74) is 2.54. The highest BCUT2D eigenvalue weighted by Crippen LogP contribution is 2.22. The fraction of sp³-hybridized carbons (Fsp3) is 0.211. The fourth-order valence-electron chi connectivity index (χ4n) is 2.56. The smallest absolute Gasteiger partial charge is 0.227 e. The van der Waals surface area contributed by atoms with E-state index in [1.807, 2.05) is 48.5 Å². The van der Waals surface area contributed by atoms with E-state index in [1.165, 1.54) is 9.75 Å². The number of nitriles is 1. The third-order valence-corrected chi connectivity index (χ3v) is 3.86. The van der Waals surface area contributed by atoms with Crippen LogP contribution in [0.25, 0.3) is 10.9 Å². The first kappa shape index (κ1) is 16.5. The van der Waals surface area contributed by atoms with Gasteiger partial charge in [-0.05, 0) is 23.8 Å². The molecular weight excluding hydrogens is 316 g/mol. The molecule has 1 aromatic heterocycles. The number of anilines is 1. The monoisotopic (exact) mass is 334 g/mol. The van der Waals surface area contributed by atoms with Crippen molar-refractivity contribution in [1.82, 2.24) is 9.94 Å². The first-order chi connectivity index (χ1) is 12.2. The summed E-state index contributed by atoms with van der Waals surface area (Å²) in [4.78, 5) is 20.7. The van der Waals surface area contributed by atoms with Gasteiger partial charge in [0.05, 0.1) is 12.3 Å². The van der Waals surface area contributed by atoms with E-state index >= 15 is 0 Å². The average molecular weight is 334 g/mol. The number of benzene rings is 2. The van der Waals surface area contributed by atoms with Crippen molar-refractivity contribution in [2.75, 3.05) is 11.4 Å². The lowest BCUT2D eigenvalue weighted by Gasteiger charge is -2.19. The summed E-state index contributed by atoms with van der Waals surface area (Å²) in [6, 6.07) is 17.4. The maximum Gasteiger partial charge on any atom is 0.227 e. The summed E-state index contributed by atoms with van der Waals surface area (Å²) < 4.78 is 0. The molecule has 25 heavy (non-hydrogen) atoms. The SMILES string of the molecule is CCC(=O)N(CC#N)c1ccc2c(cnn2OCc2ccccc2)c1. The van der Waals surface area contributed by atoms with Crippen LogP contribution in [0.5, 0.6) is 0 Å². The molecule has 0 bridgehead atoms. The van der Waals surface area contributed by atoms with Gasteiger partial charge in [0.2, 0.25) is 5.91 Å². The minimum Gasteiger partial charge on any atom is -0.391 e. The topological polar surface area (TPSA) is 71.2 Å². The molecule has 3 rings (SSSR count). The van der Waals surface area contributed by atoms with Gasteiger partial charge in [-0.15, -0.1) is 5.10 Å². The maximum absolute atomic E-state index is 12.0. The van der Waals surface area contributed by atoms with Crippen LogP contribution in [0.2, 0.25) is 0 Å². The maximum atomic E-state index is 12.0. The average Bonchev–Trinajstić information content (AvgIpc) is 3.07. The molecule has 6 heteroatoms. The van der Waals surface area contributed by atoms with Crippen LogP contribution in [0.3, 0.4) is 0 Å². The number of hydrogen-bond acceptors (Lipinski definition) is 4. The van der Waals surface area contributed by atoms with Crippen molar-refractivity contribution in [2.45, 2.75) is 20.0 Å². The first-order valence-corrected chi connectivity index (χ1v) is 8.05. The summed E-state index contributed by atoms with van der Waals surface area (Å²) in [7, 11) is 0. The molecule has 0 saturated carbocycles. The largest absolute Gasteiger partial charge is 0.391 e. The molecule has 0 radical (unpaired) electrons. The van der Waals surface area contributed by atoms with Gasteiger partial charge >= 0.3 is 0 Å². The molecule has 2 aromatic carbocycles. The van der Waals surface area contributed by atoms with Crippen LogP contribution in [0.4, 0.5) is 5.69 Å². The van der Waals surface area contributed by atoms with Gasteiger partial charge in [-0.2, -0.15) is 5.26 Å². The molecule has 0 saturated heterocycles. The molecule has 1 amide bonds. The molecule has 0 aliphatic carbocycles. The summed E-state index contributed by atoms with van der Waals surface area (Å²) in [6.45, 7) is 2.21. The van der Waals surface area contributed by atoms with Crippen LogP contribution in [-0.4, -0.2) is 22.4 Å². The molecule has 0 unspecified atom stereocenters. The van der Waals surface area contributed by atoms with E-state index in [0.717, 1.165) is 16.5 Å². The highest BCUT2D eigenvalue weighted by atomic mass is 16.7. The molecule has 0 aliphatic rings. The highest BCUT2D eigenvalue weighted by molar-refractivity contribution is 5.96. The number of fused-ring (bicyclic) bond motifs is 1. The molecular formula is C19H18N4O2. The second-order valence-corrected chi connectivity index (χ2v) is 5.51. The lowest BCUT2D eigenvalue weighted by molar-refractivity contribution is -0.118. The van der Waals surface area contributed by atoms with E-state index in [1.54, 1.807) is 19.2 Å². The molecule has 0 fully saturated rings. The molecule has 126 valence electrons. The zero-order valence-corrected chi connectivity index (χ0v) is 13.9. The molecule has 6 nitrogen and oxygen atoms in total. The van der Waals surface area contributed by atoms with Crippen molar-refractivity contribution < 1.29 is 9.63 Å². The summed E-state index contributed by atoms with van der Waals surface area (Å²) >= 11 is 0. The standard InChI is InChI=1S/C19H18N4O2/c1-2-19(24)22(11-10-20)17-8-9-18-16(12-17)13-21-23(18)25-14-15-6-4-3-5-7-15/h3-9,12-13H,2,11,14H2,1H3. The van der Waals surface area contributed by atoms with E-state index in [4.69, 9.17) is 10.1 Å². The predicted molar refractivity (Wildman–Crippen MR) is 94.7 cm³/mol. The van der Waals surface area contributed by atoms with Crippen molar-refractivity contribution in [1.29, 1.82) is 5.26 Å². The van der Waals surface area contributed by atoms with Crippen LogP contribution < -0.4 is 9.74 Å². The highest BCUT2D eigenvalue weighted by Gasteiger charge is 2.15. The number of aromatic nitrogens is 2. The van der Waals surface area contributed by atoms with Crippen molar-refractivity contribution in [3.8, 4) is 6.07 Å². The summed E-state index contributed by atoms with van der Waals surface area (Å²) in [5.74, 6) is -0.0892. The number of carbonyl (C=O) groups excluding carboxylic acids is 1. The first-order valence-electron chi connectivity index (χ1n) is 8.05. The van der Waals surface area contributed by atoms with Crippen molar-refractivity contribution >= 4 is 22.5 Å². The van der Waals surface area contributed by atoms with E-state index < -0.39 is 0 Å². The van der Waals surface area contributed by atoms with E-state index in [-0.39, 0.29) is 12.5 Å². The zero-order chi connectivity index (χ0) is 17.6. The Hall–Kier alpha value is -3.33. The van der Waals surface area contributed by atoms with E-state index in [0.29, 0.717) is 18.7 Å². The van der Waals surface area contributed by atoms with Crippen molar-refractivity contribution in [3.05, 3.63) is 60.3 Å². The number of carbonyl (C=O) groups is 1. The van der Waals surface area contributed by atoms with Gasteiger partial charge in [0.1, 0.15) is 18.7 Å². The van der Waals surface area contributed by atoms with Crippen LogP contribution in [0, 0.1) is 11.3 Å². The van der Waals surface area contributed by atoms with Gasteiger partial charge in [-0.25, -0.2) is 0 Å². The van der Waals surface area contributed by atoms with Crippen molar-refractivity contribution in [2.24, 2.45) is 0 Å². The Morgan fingerprint density at radius 3 is 2.80 bits per heavy atom. The van der Waals surface area contributed by atoms with Gasteiger partial charge in [0.15, 0.2) is 0 Å². The molecule has 0 N–H and O–H groups in total. The Morgan fingerprint density at radius 2 is 2.08 bits per heavy atom. The minimum absolute atomic E-state index is 0.0246. The van der Waals surface area contributed by atoms with Crippen LogP contribution in [0.15, 0.2) is 54.7 Å². The molecule has 0 spiro atoms. The number of hydrogen-bond donors (Lipinski definition) is 0. The fourth-order valence-corrected chi connectivity index (χ4v) is 2.56. The number of amides is 1. The van der Waals surface area contributed by atoms with Crippen LogP contribution >= 0.6 is 0 Å². The normalized spacial score (nSPS) is 10.4. The molecule has 1 heterocycles. The Labute approximate surface area is 145 Å². The summed E-state index contributed by atoms with van der Waals surface area (Å²) in [5, 5.41) is 14.1. The Bertz CT molecular complexity index is 912. The quantitative estimate of drug-likeness (QED) is 0.650. The second-order valence-electron chi connectivity index (χ2n) is 5.51. The number of nitrogens with zero attached hydrogens (tertiary/aromatic N) is 4. The lowest BCUT2D eigenvalue weighted by atomic mass is 10.2. The Balaban J connectivity index is 1.83. The van der Waals surface area contributed by atoms with E-state index in [9.17, 15) is 4.79 Å². The summed E-state index contributed by atoms with van der Waals surface area (Å²) in [6.07, 6.45) is 2.03. The van der Waals surface area contributed by atoms with Gasteiger partial charge in [0.25, 0.3) is 0 Å². The minimum atomic E-state index is -0.0892. The second kappa shape index (κ2) is 7.49. The Kier molecular flexibility index (Phi) is 4.95. The Morgan fingerprint density at radius 1 is 1.28 bits per heavy atom. The van der Waals surface area contributed by atoms with E-state index in [2.05, 4.69) is 5.10 Å². The van der Waals surface area contributed by atoms with Gasteiger partial charge < -0.3 is 4.84 Å². The van der Waals surface area contributed by atoms with Gasteiger partial charge in [-0.3, -0.25) is 9.69 Å². The molecule has 0 aliphatic heterocycles. The predicted octanol–water partition coefficient (Wildman–Crippen LogP) is 2.93. The third-order valence-electron chi connectivity index (χ3n) is 3.86. The van der Waals surface area contributed by atoms with Crippen LogP contribution in [-0.2, 0) is 11.4 Å². The zero-order valence-electron chi connectivity index (χ0n) is 13.9. The van der Waals surface area contributed by atoms with Crippen LogP contribution in [0.1, 0.15) is 18.9 Å². The van der Waals surface area contributed by atoms with Crippen molar-refractivity contribution in [3.63, 3.8) is 0 Å². The third kappa shape index (κ3) is 3.61. The van der Waals surface area contributed by atoms with Gasteiger partial charge in [0, 0.05) is 17.5 Å².